The number of thiazole rings is 1. The van der Waals surface area contributed by atoms with Crippen LogP contribution in [0.1, 0.15) is 36.4 Å². The lowest BCUT2D eigenvalue weighted by molar-refractivity contribution is 0.195. The molecule has 16 heavy (non-hydrogen) atoms. The predicted molar refractivity (Wildman–Crippen MR) is 72.2 cm³/mol. The molecule has 0 amide bonds. The SMILES string of the molecule is Cc1nc(CC2(CBr)CC3CCC2C3)cs1. The van der Waals surface area contributed by atoms with Gasteiger partial charge in [0.05, 0.1) is 10.7 Å². The summed E-state index contributed by atoms with van der Waals surface area (Å²) in [7, 11) is 0. The highest BCUT2D eigenvalue weighted by Gasteiger charge is 2.50. The highest BCUT2D eigenvalue weighted by molar-refractivity contribution is 9.09. The Labute approximate surface area is 110 Å². The zero-order chi connectivity index (χ0) is 11.2. The van der Waals surface area contributed by atoms with E-state index < -0.39 is 0 Å². The van der Waals surface area contributed by atoms with Crippen LogP contribution in [0.3, 0.4) is 0 Å². The molecule has 0 radical (unpaired) electrons. The molecule has 2 saturated carbocycles. The molecule has 0 spiro atoms. The number of aromatic nitrogens is 1. The minimum atomic E-state index is 0.531. The van der Waals surface area contributed by atoms with Crippen LogP contribution in [0.15, 0.2) is 5.38 Å². The van der Waals surface area contributed by atoms with Crippen LogP contribution in [-0.4, -0.2) is 10.3 Å². The fourth-order valence-electron chi connectivity index (χ4n) is 3.84. The second kappa shape index (κ2) is 4.09. The number of halogens is 1. The maximum atomic E-state index is 4.65. The summed E-state index contributed by atoms with van der Waals surface area (Å²) in [6, 6.07) is 0. The lowest BCUT2D eigenvalue weighted by Gasteiger charge is -2.35. The quantitative estimate of drug-likeness (QED) is 0.763. The Balaban J connectivity index is 1.81. The Bertz CT molecular complexity index is 389. The Kier molecular flexibility index (Phi) is 2.87. The van der Waals surface area contributed by atoms with E-state index in [-0.39, 0.29) is 0 Å². The smallest absolute Gasteiger partial charge is 0.0897 e. The average Bonchev–Trinajstić information content (AvgIpc) is 2.94. The van der Waals surface area contributed by atoms with Gasteiger partial charge < -0.3 is 0 Å². The van der Waals surface area contributed by atoms with Crippen LogP contribution in [0.25, 0.3) is 0 Å². The topological polar surface area (TPSA) is 12.9 Å². The highest BCUT2D eigenvalue weighted by atomic mass is 79.9. The summed E-state index contributed by atoms with van der Waals surface area (Å²) >= 11 is 5.57. The molecule has 0 aromatic carbocycles. The van der Waals surface area contributed by atoms with Crippen LogP contribution >= 0.6 is 27.3 Å². The van der Waals surface area contributed by atoms with Crippen molar-refractivity contribution in [2.24, 2.45) is 17.3 Å². The van der Waals surface area contributed by atoms with Gasteiger partial charge in [0.1, 0.15) is 0 Å². The van der Waals surface area contributed by atoms with E-state index in [1.54, 1.807) is 11.3 Å². The van der Waals surface area contributed by atoms with Gasteiger partial charge in [-0.15, -0.1) is 11.3 Å². The van der Waals surface area contributed by atoms with Gasteiger partial charge in [-0.3, -0.25) is 0 Å². The number of hydrogen-bond acceptors (Lipinski definition) is 2. The van der Waals surface area contributed by atoms with Crippen molar-refractivity contribution in [3.05, 3.63) is 16.1 Å². The molecule has 1 heterocycles. The Morgan fingerprint density at radius 2 is 2.44 bits per heavy atom. The van der Waals surface area contributed by atoms with Crippen molar-refractivity contribution in [3.63, 3.8) is 0 Å². The number of alkyl halides is 1. The molecule has 3 unspecified atom stereocenters. The van der Waals surface area contributed by atoms with Gasteiger partial charge in [0.15, 0.2) is 0 Å². The molecule has 1 aromatic rings. The van der Waals surface area contributed by atoms with E-state index in [1.807, 2.05) is 0 Å². The number of rotatable bonds is 3. The van der Waals surface area contributed by atoms with Crippen molar-refractivity contribution < 1.29 is 0 Å². The zero-order valence-corrected chi connectivity index (χ0v) is 12.1. The van der Waals surface area contributed by atoms with Gasteiger partial charge in [0.2, 0.25) is 0 Å². The first-order valence-corrected chi connectivity index (χ1v) is 8.19. The monoisotopic (exact) mass is 299 g/mol. The van der Waals surface area contributed by atoms with Gasteiger partial charge in [-0.2, -0.15) is 0 Å². The normalized spacial score (nSPS) is 37.1. The summed E-state index contributed by atoms with van der Waals surface area (Å²) in [5, 5.41) is 4.63. The molecule has 0 N–H and O–H groups in total. The van der Waals surface area contributed by atoms with Crippen molar-refractivity contribution in [3.8, 4) is 0 Å². The summed E-state index contributed by atoms with van der Waals surface area (Å²) in [5.41, 5.74) is 1.86. The van der Waals surface area contributed by atoms with Gasteiger partial charge >= 0.3 is 0 Å². The molecule has 3 heteroatoms. The van der Waals surface area contributed by atoms with Crippen LogP contribution in [0.4, 0.5) is 0 Å². The summed E-state index contributed by atoms with van der Waals surface area (Å²) in [6.45, 7) is 2.11. The van der Waals surface area contributed by atoms with E-state index in [0.29, 0.717) is 5.41 Å². The molecule has 2 fully saturated rings. The lowest BCUT2D eigenvalue weighted by atomic mass is 9.72. The molecule has 88 valence electrons. The number of aryl methyl sites for hydroxylation is 1. The average molecular weight is 300 g/mol. The van der Waals surface area contributed by atoms with Gasteiger partial charge in [0, 0.05) is 10.7 Å². The maximum Gasteiger partial charge on any atom is 0.0897 e. The highest BCUT2D eigenvalue weighted by Crippen LogP contribution is 2.57. The van der Waals surface area contributed by atoms with Crippen molar-refractivity contribution in [1.82, 2.24) is 4.98 Å². The van der Waals surface area contributed by atoms with Crippen molar-refractivity contribution >= 4 is 27.3 Å². The largest absolute Gasteiger partial charge is 0.247 e. The molecule has 0 aliphatic heterocycles. The van der Waals surface area contributed by atoms with E-state index in [2.05, 4.69) is 33.2 Å². The summed E-state index contributed by atoms with van der Waals surface area (Å²) in [5.74, 6) is 1.97. The molecule has 2 aliphatic carbocycles. The van der Waals surface area contributed by atoms with Crippen LogP contribution in [-0.2, 0) is 6.42 Å². The minimum Gasteiger partial charge on any atom is -0.247 e. The number of fused-ring (bicyclic) bond motifs is 2. The number of hydrogen-bond donors (Lipinski definition) is 0. The number of nitrogens with zero attached hydrogens (tertiary/aromatic N) is 1. The molecule has 1 nitrogen and oxygen atoms in total. The second-order valence-electron chi connectivity index (χ2n) is 5.61. The van der Waals surface area contributed by atoms with Gasteiger partial charge in [-0.05, 0) is 49.9 Å². The molecule has 2 bridgehead atoms. The van der Waals surface area contributed by atoms with Crippen LogP contribution in [0.5, 0.6) is 0 Å². The van der Waals surface area contributed by atoms with Gasteiger partial charge in [-0.25, -0.2) is 4.98 Å². The molecule has 1 aromatic heterocycles. The minimum absolute atomic E-state index is 0.531. The molecule has 2 aliphatic rings. The zero-order valence-electron chi connectivity index (χ0n) is 9.71. The van der Waals surface area contributed by atoms with E-state index in [0.717, 1.165) is 17.2 Å². The summed E-state index contributed by atoms with van der Waals surface area (Å²) < 4.78 is 0. The third-order valence-corrected chi connectivity index (χ3v) is 6.51. The molecule has 3 atom stereocenters. The maximum absolute atomic E-state index is 4.65. The van der Waals surface area contributed by atoms with E-state index in [9.17, 15) is 0 Å². The van der Waals surface area contributed by atoms with Crippen molar-refractivity contribution in [2.45, 2.75) is 39.0 Å². The molecular weight excluding hydrogens is 282 g/mol. The van der Waals surface area contributed by atoms with Gasteiger partial charge in [0.25, 0.3) is 0 Å². The van der Waals surface area contributed by atoms with Crippen LogP contribution in [0, 0.1) is 24.2 Å². The molecular formula is C13H18BrNS. The van der Waals surface area contributed by atoms with Gasteiger partial charge in [-0.1, -0.05) is 22.4 Å². The Morgan fingerprint density at radius 3 is 2.94 bits per heavy atom. The fraction of sp³-hybridized carbons (Fsp3) is 0.769. The first-order chi connectivity index (χ1) is 7.72. The van der Waals surface area contributed by atoms with E-state index in [4.69, 9.17) is 0 Å². The standard InChI is InChI=1S/C13H18BrNS/c1-9-15-12(7-16-9)6-13(8-14)5-10-2-3-11(13)4-10/h7,10-11H,2-6,8H2,1H3. The van der Waals surface area contributed by atoms with E-state index >= 15 is 0 Å². The Morgan fingerprint density at radius 1 is 1.56 bits per heavy atom. The first-order valence-electron chi connectivity index (χ1n) is 6.19. The third kappa shape index (κ3) is 1.76. The lowest BCUT2D eigenvalue weighted by Crippen LogP contribution is -2.32. The molecule has 3 rings (SSSR count). The second-order valence-corrected chi connectivity index (χ2v) is 7.23. The van der Waals surface area contributed by atoms with Crippen LogP contribution in [0.2, 0.25) is 0 Å². The van der Waals surface area contributed by atoms with Crippen LogP contribution < -0.4 is 0 Å². The summed E-state index contributed by atoms with van der Waals surface area (Å²) in [4.78, 5) is 4.65. The fourth-order valence-corrected chi connectivity index (χ4v) is 5.33. The Hall–Kier alpha value is 0.110. The summed E-state index contributed by atoms with van der Waals surface area (Å²) in [6.07, 6.45) is 7.05. The molecule has 0 saturated heterocycles. The van der Waals surface area contributed by atoms with E-state index in [1.165, 1.54) is 42.8 Å². The van der Waals surface area contributed by atoms with Crippen molar-refractivity contribution in [2.75, 3.05) is 5.33 Å². The van der Waals surface area contributed by atoms with Crippen molar-refractivity contribution in [1.29, 1.82) is 0 Å². The third-order valence-electron chi connectivity index (χ3n) is 4.57. The first kappa shape index (κ1) is 11.2. The predicted octanol–water partition coefficient (Wildman–Crippen LogP) is 4.20.